The maximum absolute atomic E-state index is 11.1. The minimum Gasteiger partial charge on any atom is -0.388 e. The predicted molar refractivity (Wildman–Crippen MR) is 139 cm³/mol. The fourth-order valence-electron chi connectivity index (χ4n) is 8.30. The lowest BCUT2D eigenvalue weighted by atomic mass is 9.58. The number of ether oxygens (including phenoxy) is 1. The molecule has 3 aliphatic carbocycles. The van der Waals surface area contributed by atoms with E-state index in [9.17, 15) is 10.2 Å². The van der Waals surface area contributed by atoms with Crippen LogP contribution in [0.2, 0.25) is 0 Å². The summed E-state index contributed by atoms with van der Waals surface area (Å²) in [5.41, 5.74) is 4.11. The van der Waals surface area contributed by atoms with Crippen molar-refractivity contribution in [3.63, 3.8) is 0 Å². The van der Waals surface area contributed by atoms with Crippen molar-refractivity contribution in [2.24, 2.45) is 11.3 Å². The van der Waals surface area contributed by atoms with E-state index in [0.29, 0.717) is 5.92 Å². The lowest BCUT2D eigenvalue weighted by Crippen LogP contribution is -2.61. The minimum atomic E-state index is -0.878. The summed E-state index contributed by atoms with van der Waals surface area (Å²) in [5.74, 6) is 0.371. The Kier molecular flexibility index (Phi) is 4.50. The van der Waals surface area contributed by atoms with Crippen LogP contribution < -0.4 is 0 Å². The fourth-order valence-corrected chi connectivity index (χ4v) is 8.30. The summed E-state index contributed by atoms with van der Waals surface area (Å²) >= 11 is 0. The largest absolute Gasteiger partial charge is 0.388 e. The summed E-state index contributed by atoms with van der Waals surface area (Å²) in [4.78, 5) is 2.04. The standard InChI is InChI=1S/C31H35NO3/c1-29-13-12-22-17-24-27(33)28(34)25(32(2)3)18-30(24)14-15-31(22,35-30)26(29)11-10-23(29)21-9-8-19-6-4-5-7-20(19)16-21/h4-10,12,16-17,25-28,33-34H,11,13-15,18H2,1-3H3. The van der Waals surface area contributed by atoms with Crippen LogP contribution in [0.5, 0.6) is 0 Å². The van der Waals surface area contributed by atoms with Crippen LogP contribution in [0.4, 0.5) is 0 Å². The number of aliphatic hydroxyl groups is 2. The van der Waals surface area contributed by atoms with Gasteiger partial charge in [-0.1, -0.05) is 61.5 Å². The van der Waals surface area contributed by atoms with Gasteiger partial charge in [0.25, 0.3) is 0 Å². The number of aliphatic hydroxyl groups excluding tert-OH is 2. The molecule has 4 nitrogen and oxygen atoms in total. The molecule has 7 atom stereocenters. The van der Waals surface area contributed by atoms with Gasteiger partial charge in [0, 0.05) is 17.4 Å². The van der Waals surface area contributed by atoms with Crippen molar-refractivity contribution in [3.8, 4) is 0 Å². The number of rotatable bonds is 2. The molecule has 2 aromatic carbocycles. The molecule has 2 N–H and O–H groups in total. The second-order valence-electron chi connectivity index (χ2n) is 12.0. The number of hydrogen-bond donors (Lipinski definition) is 2. The molecule has 35 heavy (non-hydrogen) atoms. The Balaban J connectivity index is 1.30. The molecule has 4 heteroatoms. The zero-order valence-corrected chi connectivity index (χ0v) is 20.9. The maximum Gasteiger partial charge on any atom is 0.105 e. The smallest absolute Gasteiger partial charge is 0.105 e. The molecular formula is C31H35NO3. The SMILES string of the molecule is CN(C)C1CC23CCC4(O2)C(=CCC2(C)C(c5ccc6ccccc6c5)=CCC24)C=C3C(O)C1O. The molecule has 1 saturated carbocycles. The highest BCUT2D eigenvalue weighted by Crippen LogP contribution is 2.67. The van der Waals surface area contributed by atoms with Crippen molar-refractivity contribution in [2.75, 3.05) is 14.1 Å². The summed E-state index contributed by atoms with van der Waals surface area (Å²) in [6, 6.07) is 15.4. The van der Waals surface area contributed by atoms with E-state index in [1.807, 2.05) is 19.0 Å². The van der Waals surface area contributed by atoms with Gasteiger partial charge in [-0.05, 0) is 85.3 Å². The van der Waals surface area contributed by atoms with Gasteiger partial charge in [-0.3, -0.25) is 0 Å². The molecule has 5 aliphatic rings. The highest BCUT2D eigenvalue weighted by atomic mass is 16.5. The van der Waals surface area contributed by atoms with E-state index in [4.69, 9.17) is 4.74 Å². The molecule has 2 fully saturated rings. The van der Waals surface area contributed by atoms with Gasteiger partial charge in [0.1, 0.15) is 6.10 Å². The van der Waals surface area contributed by atoms with Crippen LogP contribution in [0.1, 0.15) is 44.6 Å². The van der Waals surface area contributed by atoms with E-state index in [1.165, 1.54) is 27.5 Å². The monoisotopic (exact) mass is 469 g/mol. The van der Waals surface area contributed by atoms with Crippen molar-refractivity contribution in [2.45, 2.75) is 68.5 Å². The normalized spacial score (nSPS) is 41.7. The van der Waals surface area contributed by atoms with Gasteiger partial charge in [-0.2, -0.15) is 0 Å². The molecular weight excluding hydrogens is 434 g/mol. The van der Waals surface area contributed by atoms with Gasteiger partial charge in [0.05, 0.1) is 17.3 Å². The summed E-state index contributed by atoms with van der Waals surface area (Å²) in [6.07, 6.45) is 9.97. The predicted octanol–water partition coefficient (Wildman–Crippen LogP) is 4.86. The zero-order valence-electron chi connectivity index (χ0n) is 20.9. The average molecular weight is 470 g/mol. The Morgan fingerprint density at radius 3 is 2.60 bits per heavy atom. The Morgan fingerprint density at radius 1 is 1.00 bits per heavy atom. The Bertz CT molecular complexity index is 1320. The molecule has 2 aromatic rings. The first kappa shape index (κ1) is 22.0. The lowest BCUT2D eigenvalue weighted by Gasteiger charge is -2.55. The second-order valence-corrected chi connectivity index (χ2v) is 12.0. The number of hydrogen-bond acceptors (Lipinski definition) is 4. The zero-order chi connectivity index (χ0) is 24.2. The number of allylic oxidation sites excluding steroid dienone is 3. The minimum absolute atomic E-state index is 0.0105. The molecule has 2 spiro atoms. The van der Waals surface area contributed by atoms with Crippen molar-refractivity contribution in [3.05, 3.63) is 77.4 Å². The van der Waals surface area contributed by atoms with E-state index >= 15 is 0 Å². The third kappa shape index (κ3) is 2.77. The quantitative estimate of drug-likeness (QED) is 0.659. The van der Waals surface area contributed by atoms with Crippen LogP contribution in [-0.2, 0) is 4.74 Å². The molecule has 0 aromatic heterocycles. The Morgan fingerprint density at radius 2 is 1.80 bits per heavy atom. The summed E-state index contributed by atoms with van der Waals surface area (Å²) in [7, 11) is 3.97. The van der Waals surface area contributed by atoms with Gasteiger partial charge >= 0.3 is 0 Å². The van der Waals surface area contributed by atoms with Crippen LogP contribution in [0.15, 0.2) is 71.8 Å². The molecule has 2 heterocycles. The van der Waals surface area contributed by atoms with Crippen molar-refractivity contribution >= 4 is 16.3 Å². The van der Waals surface area contributed by atoms with E-state index in [0.717, 1.165) is 37.7 Å². The summed E-state index contributed by atoms with van der Waals surface area (Å²) < 4.78 is 7.25. The van der Waals surface area contributed by atoms with Gasteiger partial charge in [0.2, 0.25) is 0 Å². The van der Waals surface area contributed by atoms with Crippen molar-refractivity contribution in [1.82, 2.24) is 4.90 Å². The van der Waals surface area contributed by atoms with Gasteiger partial charge < -0.3 is 19.8 Å². The second kappa shape index (κ2) is 7.17. The molecule has 0 radical (unpaired) electrons. The highest BCUT2D eigenvalue weighted by Gasteiger charge is 2.67. The number of benzene rings is 2. The number of nitrogens with zero attached hydrogens (tertiary/aromatic N) is 1. The fraction of sp³-hybridized carbons (Fsp3) is 0.484. The van der Waals surface area contributed by atoms with Crippen molar-refractivity contribution in [1.29, 1.82) is 0 Å². The highest BCUT2D eigenvalue weighted by molar-refractivity contribution is 5.87. The van der Waals surface area contributed by atoms with Gasteiger partial charge in [0.15, 0.2) is 0 Å². The maximum atomic E-state index is 11.1. The summed E-state index contributed by atoms with van der Waals surface area (Å²) in [5, 5.41) is 24.6. The van der Waals surface area contributed by atoms with E-state index < -0.39 is 17.8 Å². The molecule has 1 saturated heterocycles. The Labute approximate surface area is 207 Å². The van der Waals surface area contributed by atoms with E-state index in [1.54, 1.807) is 0 Å². The third-order valence-electron chi connectivity index (χ3n) is 10.2. The van der Waals surface area contributed by atoms with E-state index in [-0.39, 0.29) is 17.1 Å². The Hall–Kier alpha value is -2.24. The first-order valence-electron chi connectivity index (χ1n) is 13.1. The van der Waals surface area contributed by atoms with Gasteiger partial charge in [-0.25, -0.2) is 0 Å². The van der Waals surface area contributed by atoms with Crippen LogP contribution in [0.3, 0.4) is 0 Å². The average Bonchev–Trinajstić information content (AvgIpc) is 3.37. The van der Waals surface area contributed by atoms with Gasteiger partial charge in [-0.15, -0.1) is 0 Å². The van der Waals surface area contributed by atoms with Crippen LogP contribution in [0, 0.1) is 11.3 Å². The molecule has 182 valence electrons. The van der Waals surface area contributed by atoms with E-state index in [2.05, 4.69) is 67.6 Å². The summed E-state index contributed by atoms with van der Waals surface area (Å²) in [6.45, 7) is 2.43. The molecule has 2 bridgehead atoms. The molecule has 7 rings (SSSR count). The van der Waals surface area contributed by atoms with Crippen LogP contribution >= 0.6 is 0 Å². The molecule has 7 unspecified atom stereocenters. The first-order valence-corrected chi connectivity index (χ1v) is 13.1. The van der Waals surface area contributed by atoms with Crippen LogP contribution in [0.25, 0.3) is 16.3 Å². The van der Waals surface area contributed by atoms with Crippen LogP contribution in [-0.4, -0.2) is 58.7 Å². The third-order valence-corrected chi connectivity index (χ3v) is 10.2. The molecule has 2 aliphatic heterocycles. The number of likely N-dealkylation sites (N-methyl/N-ethyl adjacent to an activating group) is 1. The number of fused-ring (bicyclic) bond motifs is 2. The topological polar surface area (TPSA) is 52.9 Å². The lowest BCUT2D eigenvalue weighted by molar-refractivity contribution is -0.161. The first-order chi connectivity index (χ1) is 16.8. The molecule has 0 amide bonds. The van der Waals surface area contributed by atoms with Crippen molar-refractivity contribution < 1.29 is 14.9 Å².